The van der Waals surface area contributed by atoms with E-state index in [1.54, 1.807) is 0 Å². The molecule has 0 bridgehead atoms. The first-order valence-electron chi connectivity index (χ1n) is 1.93. The van der Waals surface area contributed by atoms with Crippen molar-refractivity contribution in [2.75, 3.05) is 0 Å². The Labute approximate surface area is 49.1 Å². The molecule has 4 heteroatoms. The molecule has 0 spiro atoms. The Morgan fingerprint density at radius 1 is 1.71 bits per heavy atom. The molecular weight excluding hydrogens is 136 g/mol. The molecule has 1 unspecified atom stereocenters. The van der Waals surface area contributed by atoms with Crippen molar-refractivity contribution in [3.8, 4) is 0 Å². The predicted octanol–water partition coefficient (Wildman–Crippen LogP) is 0.594. The van der Waals surface area contributed by atoms with Gasteiger partial charge in [0.2, 0.25) is 0 Å². The zero-order chi connectivity index (χ0) is 5.49. The summed E-state index contributed by atoms with van der Waals surface area (Å²) in [6.07, 6.45) is 1.23. The highest BCUT2D eigenvalue weighted by Gasteiger charge is 2.41. The molecule has 2 nitrogen and oxygen atoms in total. The van der Waals surface area contributed by atoms with Gasteiger partial charge in [0.25, 0.3) is 0 Å². The molecule has 1 fully saturated rings. The lowest BCUT2D eigenvalue weighted by atomic mass is 11.0. The predicted molar refractivity (Wildman–Crippen MR) is 26.7 cm³/mol. The van der Waals surface area contributed by atoms with Crippen LogP contribution in [0.5, 0.6) is 0 Å². The Morgan fingerprint density at radius 2 is 2.14 bits per heavy atom. The van der Waals surface area contributed by atoms with E-state index in [-0.39, 0.29) is 0 Å². The summed E-state index contributed by atoms with van der Waals surface area (Å²) in [5.41, 5.74) is 0. The van der Waals surface area contributed by atoms with E-state index in [0.29, 0.717) is 12.8 Å². The summed E-state index contributed by atoms with van der Waals surface area (Å²) in [4.78, 5) is 0. The summed E-state index contributed by atoms with van der Waals surface area (Å²) < 4.78 is 19.0. The van der Waals surface area contributed by atoms with Gasteiger partial charge in [-0.05, 0) is 23.9 Å². The van der Waals surface area contributed by atoms with Gasteiger partial charge in [-0.25, -0.2) is 0 Å². The standard InChI is InChI=1S/C3H5ClO2S/c4-3(1-2-3)7(5)6/h1-2H2,(H,5,6)/p-1. The Bertz CT molecular complexity index is 110. The third kappa shape index (κ3) is 0.953. The molecular formula is C3H4ClO2S-. The summed E-state index contributed by atoms with van der Waals surface area (Å²) in [6, 6.07) is 0. The SMILES string of the molecule is O=S([O-])C1(Cl)CC1. The summed E-state index contributed by atoms with van der Waals surface area (Å²) in [7, 11) is 0. The van der Waals surface area contributed by atoms with Crippen LogP contribution in [-0.4, -0.2) is 13.0 Å². The van der Waals surface area contributed by atoms with E-state index in [1.165, 1.54) is 0 Å². The highest BCUT2D eigenvalue weighted by molar-refractivity contribution is 7.82. The molecule has 0 aromatic rings. The molecule has 0 aromatic heterocycles. The second-order valence-electron chi connectivity index (χ2n) is 1.62. The third-order valence-corrected chi connectivity index (χ3v) is 2.70. The van der Waals surface area contributed by atoms with Crippen molar-refractivity contribution in [2.24, 2.45) is 0 Å². The summed E-state index contributed by atoms with van der Waals surface area (Å²) >= 11 is 3.31. The maximum Gasteiger partial charge on any atom is 0.106 e. The first-order valence-corrected chi connectivity index (χ1v) is 3.39. The van der Waals surface area contributed by atoms with Crippen LogP contribution in [0.1, 0.15) is 12.8 Å². The summed E-state index contributed by atoms with van der Waals surface area (Å²) in [5, 5.41) is 0. The minimum Gasteiger partial charge on any atom is -0.771 e. The first-order chi connectivity index (χ1) is 3.15. The van der Waals surface area contributed by atoms with Crippen molar-refractivity contribution in [3.63, 3.8) is 0 Å². The van der Waals surface area contributed by atoms with E-state index in [0.717, 1.165) is 0 Å². The lowest BCUT2D eigenvalue weighted by molar-refractivity contribution is 0.532. The van der Waals surface area contributed by atoms with Gasteiger partial charge >= 0.3 is 0 Å². The molecule has 0 amide bonds. The van der Waals surface area contributed by atoms with Crippen LogP contribution in [0.3, 0.4) is 0 Å². The third-order valence-electron chi connectivity index (χ3n) is 0.942. The fourth-order valence-corrected chi connectivity index (χ4v) is 0.795. The lowest BCUT2D eigenvalue weighted by Crippen LogP contribution is -2.05. The maximum absolute atomic E-state index is 9.95. The first kappa shape index (κ1) is 5.54. The zero-order valence-corrected chi connectivity index (χ0v) is 5.09. The smallest absolute Gasteiger partial charge is 0.106 e. The molecule has 1 atom stereocenters. The van der Waals surface area contributed by atoms with Crippen LogP contribution in [0.15, 0.2) is 0 Å². The van der Waals surface area contributed by atoms with Crippen LogP contribution in [0.2, 0.25) is 0 Å². The summed E-state index contributed by atoms with van der Waals surface area (Å²) in [6.45, 7) is 0. The number of hydrogen-bond donors (Lipinski definition) is 0. The van der Waals surface area contributed by atoms with Crippen LogP contribution in [0.25, 0.3) is 0 Å². The van der Waals surface area contributed by atoms with Crippen molar-refractivity contribution in [2.45, 2.75) is 17.0 Å². The molecule has 0 aromatic carbocycles. The topological polar surface area (TPSA) is 40.1 Å². The molecule has 1 aliphatic rings. The lowest BCUT2D eigenvalue weighted by Gasteiger charge is -2.07. The molecule has 0 heterocycles. The highest BCUT2D eigenvalue weighted by Crippen LogP contribution is 2.44. The molecule has 0 aliphatic heterocycles. The van der Waals surface area contributed by atoms with Crippen LogP contribution in [0, 0.1) is 0 Å². The average molecular weight is 140 g/mol. The molecule has 0 radical (unpaired) electrons. The minimum absolute atomic E-state index is 0.616. The number of halogens is 1. The molecule has 7 heavy (non-hydrogen) atoms. The Morgan fingerprint density at radius 3 is 2.14 bits per heavy atom. The highest BCUT2D eigenvalue weighted by atomic mass is 35.5. The van der Waals surface area contributed by atoms with Gasteiger partial charge in [0.15, 0.2) is 0 Å². The fourth-order valence-electron chi connectivity index (χ4n) is 0.265. The van der Waals surface area contributed by atoms with Gasteiger partial charge < -0.3 is 4.55 Å². The van der Waals surface area contributed by atoms with Crippen molar-refractivity contribution in [1.82, 2.24) is 0 Å². The molecule has 0 saturated heterocycles. The largest absolute Gasteiger partial charge is 0.771 e. The van der Waals surface area contributed by atoms with Gasteiger partial charge in [-0.2, -0.15) is 0 Å². The van der Waals surface area contributed by atoms with Crippen LogP contribution in [0.4, 0.5) is 0 Å². The molecule has 0 N–H and O–H groups in total. The van der Waals surface area contributed by atoms with Crippen molar-refractivity contribution >= 4 is 22.7 Å². The average Bonchev–Trinajstić information content (AvgIpc) is 2.21. The monoisotopic (exact) mass is 139 g/mol. The van der Waals surface area contributed by atoms with Gasteiger partial charge in [-0.15, -0.1) is 11.6 Å². The second-order valence-corrected chi connectivity index (χ2v) is 3.82. The van der Waals surface area contributed by atoms with Gasteiger partial charge in [0, 0.05) is 0 Å². The van der Waals surface area contributed by atoms with E-state index in [9.17, 15) is 8.76 Å². The van der Waals surface area contributed by atoms with Crippen molar-refractivity contribution in [3.05, 3.63) is 0 Å². The minimum atomic E-state index is -2.06. The molecule has 1 rings (SSSR count). The normalized spacial score (nSPS) is 29.4. The van der Waals surface area contributed by atoms with Crippen LogP contribution < -0.4 is 0 Å². The quantitative estimate of drug-likeness (QED) is 0.394. The van der Waals surface area contributed by atoms with Crippen LogP contribution >= 0.6 is 11.6 Å². The van der Waals surface area contributed by atoms with Crippen LogP contribution in [-0.2, 0) is 11.1 Å². The van der Waals surface area contributed by atoms with Gasteiger partial charge in [-0.1, -0.05) is 0 Å². The number of rotatable bonds is 1. The van der Waals surface area contributed by atoms with Crippen molar-refractivity contribution < 1.29 is 8.76 Å². The Hall–Kier alpha value is 0.400. The van der Waals surface area contributed by atoms with E-state index in [2.05, 4.69) is 0 Å². The molecule has 1 aliphatic carbocycles. The molecule has 1 saturated carbocycles. The van der Waals surface area contributed by atoms with Gasteiger partial charge in [0.05, 0.1) is 0 Å². The Balaban J connectivity index is 2.55. The van der Waals surface area contributed by atoms with E-state index < -0.39 is 15.3 Å². The van der Waals surface area contributed by atoms with Gasteiger partial charge in [0.1, 0.15) is 4.21 Å². The number of alkyl halides is 1. The molecule has 42 valence electrons. The maximum atomic E-state index is 9.95. The summed E-state index contributed by atoms with van der Waals surface area (Å²) in [5.74, 6) is 0. The van der Waals surface area contributed by atoms with Crippen molar-refractivity contribution in [1.29, 1.82) is 0 Å². The second kappa shape index (κ2) is 1.44. The van der Waals surface area contributed by atoms with E-state index in [1.807, 2.05) is 0 Å². The zero-order valence-electron chi connectivity index (χ0n) is 3.52. The fraction of sp³-hybridized carbons (Fsp3) is 1.00. The Kier molecular flexibility index (Phi) is 1.14. The van der Waals surface area contributed by atoms with E-state index >= 15 is 0 Å². The van der Waals surface area contributed by atoms with E-state index in [4.69, 9.17) is 11.6 Å². The number of hydrogen-bond acceptors (Lipinski definition) is 2. The van der Waals surface area contributed by atoms with Gasteiger partial charge in [-0.3, -0.25) is 4.21 Å².